The largest absolute Gasteiger partial charge is 0.482 e. The number of fused-ring (bicyclic) bond motifs is 1. The maximum atomic E-state index is 13.9. The lowest BCUT2D eigenvalue weighted by Gasteiger charge is -2.33. The van der Waals surface area contributed by atoms with Crippen molar-refractivity contribution in [2.45, 2.75) is 72.5 Å². The van der Waals surface area contributed by atoms with Crippen LogP contribution in [0.15, 0.2) is 75.4 Å². The van der Waals surface area contributed by atoms with E-state index in [-0.39, 0.29) is 11.5 Å². The zero-order valence-electron chi connectivity index (χ0n) is 23.5. The van der Waals surface area contributed by atoms with E-state index in [1.165, 1.54) is 13.1 Å². The molecular weight excluding hydrogens is 611 g/mol. The summed E-state index contributed by atoms with van der Waals surface area (Å²) in [4.78, 5) is 12.5. The molecule has 3 aromatic carbocycles. The zero-order valence-corrected chi connectivity index (χ0v) is 25.9. The summed E-state index contributed by atoms with van der Waals surface area (Å²) in [5, 5.41) is 0.472. The number of carbonyl (C=O) groups excluding carboxylic acids is 1. The third-order valence-corrected chi connectivity index (χ3v) is 9.65. The summed E-state index contributed by atoms with van der Waals surface area (Å²) >= 11 is 6.93. The minimum absolute atomic E-state index is 0.126. The van der Waals surface area contributed by atoms with Crippen LogP contribution in [-0.2, 0) is 32.2 Å². The molecule has 0 unspecified atom stereocenters. The Balaban J connectivity index is 1.65. The van der Waals surface area contributed by atoms with Crippen molar-refractivity contribution >= 4 is 39.4 Å². The number of alkyl halides is 3. The first-order valence-corrected chi connectivity index (χ1v) is 15.8. The van der Waals surface area contributed by atoms with Gasteiger partial charge in [0.25, 0.3) is 0 Å². The van der Waals surface area contributed by atoms with Crippen molar-refractivity contribution in [1.82, 2.24) is 4.31 Å². The van der Waals surface area contributed by atoms with Crippen molar-refractivity contribution in [2.75, 3.05) is 13.7 Å². The van der Waals surface area contributed by atoms with Crippen LogP contribution in [0.2, 0.25) is 5.02 Å². The van der Waals surface area contributed by atoms with Gasteiger partial charge in [0, 0.05) is 21.9 Å². The summed E-state index contributed by atoms with van der Waals surface area (Å²) in [5.41, 5.74) is -0.301. The third kappa shape index (κ3) is 7.80. The fraction of sp³-hybridized carbons (Fsp3) is 0.367. The quantitative estimate of drug-likeness (QED) is 0.233. The van der Waals surface area contributed by atoms with Gasteiger partial charge in [-0.3, -0.25) is 0 Å². The lowest BCUT2D eigenvalue weighted by Crippen LogP contribution is -2.34. The number of sulfonamides is 1. The Bertz CT molecular complexity index is 1550. The molecule has 0 N–H and O–H groups in total. The molecule has 0 radical (unpaired) electrons. The summed E-state index contributed by atoms with van der Waals surface area (Å²) in [5.74, 6) is -0.0986. The zero-order chi connectivity index (χ0) is 30.9. The van der Waals surface area contributed by atoms with E-state index < -0.39 is 44.3 Å². The number of nitrogens with zero attached hydrogens (tertiary/aromatic N) is 1. The van der Waals surface area contributed by atoms with E-state index in [1.807, 2.05) is 0 Å². The van der Waals surface area contributed by atoms with Crippen molar-refractivity contribution in [2.24, 2.45) is 0 Å². The Morgan fingerprint density at radius 3 is 2.38 bits per heavy atom. The summed E-state index contributed by atoms with van der Waals surface area (Å²) in [7, 11) is -2.99. The van der Waals surface area contributed by atoms with Gasteiger partial charge in [-0.2, -0.15) is 17.5 Å². The van der Waals surface area contributed by atoms with Crippen LogP contribution in [0.1, 0.15) is 56.3 Å². The third-order valence-electron chi connectivity index (χ3n) is 6.57. The van der Waals surface area contributed by atoms with Crippen LogP contribution in [0, 0.1) is 0 Å². The molecule has 42 heavy (non-hydrogen) atoms. The van der Waals surface area contributed by atoms with E-state index >= 15 is 0 Å². The van der Waals surface area contributed by atoms with Gasteiger partial charge >= 0.3 is 12.1 Å². The lowest BCUT2D eigenvalue weighted by atomic mass is 9.87. The SMILES string of the molecule is CN([C@@H]1CCCc2c(OCC(=O)OC(C)(C)C)cccc21)S(=O)(=O)c1cc(Sc2ccc(Cl)cc2)cc(C(F)(F)F)c1. The minimum Gasteiger partial charge on any atom is -0.482 e. The molecule has 1 aliphatic rings. The van der Waals surface area contributed by atoms with Crippen molar-refractivity contribution < 1.29 is 35.9 Å². The average Bonchev–Trinajstić information content (AvgIpc) is 2.90. The second-order valence-corrected chi connectivity index (χ2v) is 14.5. The maximum Gasteiger partial charge on any atom is 0.416 e. The van der Waals surface area contributed by atoms with Crippen LogP contribution in [0.4, 0.5) is 13.2 Å². The molecule has 0 heterocycles. The average molecular weight is 642 g/mol. The summed E-state index contributed by atoms with van der Waals surface area (Å²) < 4.78 is 81.5. The number of ether oxygens (including phenoxy) is 2. The predicted octanol–water partition coefficient (Wildman–Crippen LogP) is 7.93. The highest BCUT2D eigenvalue weighted by Crippen LogP contribution is 2.42. The first kappa shape index (κ1) is 32.2. The van der Waals surface area contributed by atoms with Crippen molar-refractivity contribution in [3.63, 3.8) is 0 Å². The van der Waals surface area contributed by atoms with Crippen LogP contribution in [0.25, 0.3) is 0 Å². The van der Waals surface area contributed by atoms with Gasteiger partial charge in [0.1, 0.15) is 11.4 Å². The molecular formula is C30H31ClF3NO5S2. The number of carbonyl (C=O) groups is 1. The molecule has 6 nitrogen and oxygen atoms in total. The molecule has 0 saturated carbocycles. The van der Waals surface area contributed by atoms with Crippen LogP contribution >= 0.6 is 23.4 Å². The summed E-state index contributed by atoms with van der Waals surface area (Å²) in [6.07, 6.45) is -3.08. The smallest absolute Gasteiger partial charge is 0.416 e. The molecule has 3 aromatic rings. The highest BCUT2D eigenvalue weighted by molar-refractivity contribution is 7.99. The number of esters is 1. The Morgan fingerprint density at radius 1 is 1.05 bits per heavy atom. The molecule has 12 heteroatoms. The van der Waals surface area contributed by atoms with Gasteiger partial charge in [0.15, 0.2) is 6.61 Å². The van der Waals surface area contributed by atoms with E-state index in [1.54, 1.807) is 63.2 Å². The van der Waals surface area contributed by atoms with Crippen LogP contribution in [0.3, 0.4) is 0 Å². The lowest BCUT2D eigenvalue weighted by molar-refractivity contribution is -0.157. The molecule has 0 spiro atoms. The fourth-order valence-electron chi connectivity index (χ4n) is 4.73. The molecule has 0 amide bonds. The Morgan fingerprint density at radius 2 is 1.74 bits per heavy atom. The molecule has 4 rings (SSSR count). The normalized spacial score (nSPS) is 15.8. The monoisotopic (exact) mass is 641 g/mol. The number of rotatable bonds is 8. The van der Waals surface area contributed by atoms with Crippen LogP contribution < -0.4 is 4.74 Å². The van der Waals surface area contributed by atoms with E-state index in [4.69, 9.17) is 21.1 Å². The molecule has 1 atom stereocenters. The highest BCUT2D eigenvalue weighted by atomic mass is 35.5. The topological polar surface area (TPSA) is 72.9 Å². The van der Waals surface area contributed by atoms with E-state index in [0.29, 0.717) is 46.6 Å². The molecule has 0 bridgehead atoms. The molecule has 226 valence electrons. The van der Waals surface area contributed by atoms with Gasteiger partial charge < -0.3 is 9.47 Å². The maximum absolute atomic E-state index is 13.9. The van der Waals surface area contributed by atoms with Crippen molar-refractivity contribution in [3.05, 3.63) is 82.4 Å². The van der Waals surface area contributed by atoms with E-state index in [2.05, 4.69) is 0 Å². The molecule has 0 saturated heterocycles. The Kier molecular flexibility index (Phi) is 9.56. The number of benzene rings is 3. The summed E-state index contributed by atoms with van der Waals surface area (Å²) in [6, 6.07) is 13.9. The van der Waals surface area contributed by atoms with Gasteiger partial charge in [-0.15, -0.1) is 0 Å². The van der Waals surface area contributed by atoms with Crippen molar-refractivity contribution in [1.29, 1.82) is 0 Å². The van der Waals surface area contributed by atoms with Gasteiger partial charge in [-0.05, 0) is 99.7 Å². The minimum atomic E-state index is -4.75. The van der Waals surface area contributed by atoms with E-state index in [9.17, 15) is 26.4 Å². The van der Waals surface area contributed by atoms with Gasteiger partial charge in [0.05, 0.1) is 16.5 Å². The molecule has 0 aromatic heterocycles. The first-order chi connectivity index (χ1) is 19.5. The second kappa shape index (κ2) is 12.5. The predicted molar refractivity (Wildman–Crippen MR) is 155 cm³/mol. The van der Waals surface area contributed by atoms with E-state index in [0.717, 1.165) is 27.7 Å². The number of halogens is 4. The van der Waals surface area contributed by atoms with Gasteiger partial charge in [-0.1, -0.05) is 35.5 Å². The number of hydrogen-bond donors (Lipinski definition) is 0. The fourth-order valence-corrected chi connectivity index (χ4v) is 7.28. The number of hydrogen-bond acceptors (Lipinski definition) is 6. The Hall–Kier alpha value is -2.73. The highest BCUT2D eigenvalue weighted by Gasteiger charge is 2.37. The van der Waals surface area contributed by atoms with Crippen LogP contribution in [-0.4, -0.2) is 37.9 Å². The van der Waals surface area contributed by atoms with Crippen molar-refractivity contribution in [3.8, 4) is 5.75 Å². The molecule has 0 fully saturated rings. The van der Waals surface area contributed by atoms with Gasteiger partial charge in [-0.25, -0.2) is 13.2 Å². The van der Waals surface area contributed by atoms with Gasteiger partial charge in [0.2, 0.25) is 10.0 Å². The Labute approximate surface area is 253 Å². The first-order valence-electron chi connectivity index (χ1n) is 13.1. The molecule has 0 aliphatic heterocycles. The molecule has 1 aliphatic carbocycles. The van der Waals surface area contributed by atoms with Crippen LogP contribution in [0.5, 0.6) is 5.75 Å². The second-order valence-electron chi connectivity index (χ2n) is 10.9. The standard InChI is InChI=1S/C30H31ClF3NO5S2/c1-29(2,3)40-28(36)18-39-27-10-6-7-24-25(27)8-5-9-26(24)35(4)42(37,38)23-16-19(30(32,33)34)15-22(17-23)41-21-13-11-20(31)12-14-21/h6-7,10-17,26H,5,8-9,18H2,1-4H3/t26-/m1/s1. The summed E-state index contributed by atoms with van der Waals surface area (Å²) in [6.45, 7) is 4.93.